The van der Waals surface area contributed by atoms with Crippen LogP contribution in [-0.2, 0) is 19.4 Å². The van der Waals surface area contributed by atoms with Crippen LogP contribution in [0.1, 0.15) is 13.3 Å². The molecule has 1 heterocycles. The van der Waals surface area contributed by atoms with Gasteiger partial charge in [-0.15, -0.1) is 0 Å². The fourth-order valence-corrected chi connectivity index (χ4v) is 3.85. The number of benzene rings is 1. The number of hydrazine groups is 1. The lowest BCUT2D eigenvalue weighted by atomic mass is 10.1. The molecule has 0 unspecified atom stereocenters. The Morgan fingerprint density at radius 3 is 2.61 bits per heavy atom. The molecule has 0 aromatic heterocycles. The highest BCUT2D eigenvalue weighted by Gasteiger charge is 2.33. The van der Waals surface area contributed by atoms with E-state index in [1.54, 1.807) is 6.07 Å². The Hall–Kier alpha value is -2.16. The van der Waals surface area contributed by atoms with E-state index in [9.17, 15) is 22.4 Å². The number of amides is 2. The molecule has 126 valence electrons. The first-order valence-electron chi connectivity index (χ1n) is 7.00. The Labute approximate surface area is 133 Å². The number of sulfone groups is 1. The van der Waals surface area contributed by atoms with Crippen LogP contribution in [0, 0.1) is 11.7 Å². The van der Waals surface area contributed by atoms with Crippen LogP contribution in [0.25, 0.3) is 0 Å². The summed E-state index contributed by atoms with van der Waals surface area (Å²) in [4.78, 5) is 23.6. The summed E-state index contributed by atoms with van der Waals surface area (Å²) in [5.41, 5.74) is 4.31. The summed E-state index contributed by atoms with van der Waals surface area (Å²) in [5.74, 6) is -2.87. The first-order valence-corrected chi connectivity index (χ1v) is 8.82. The van der Waals surface area contributed by atoms with Crippen LogP contribution in [0.4, 0.5) is 4.39 Å². The van der Waals surface area contributed by atoms with Gasteiger partial charge in [0, 0.05) is 0 Å². The molecule has 1 saturated heterocycles. The molecule has 1 aliphatic rings. The number of rotatable bonds is 4. The molecule has 1 aliphatic heterocycles. The molecule has 7 nitrogen and oxygen atoms in total. The van der Waals surface area contributed by atoms with Gasteiger partial charge in [0.25, 0.3) is 5.91 Å². The van der Waals surface area contributed by atoms with Gasteiger partial charge in [0.1, 0.15) is 0 Å². The lowest BCUT2D eigenvalue weighted by Gasteiger charge is -2.16. The van der Waals surface area contributed by atoms with Crippen molar-refractivity contribution in [3.05, 3.63) is 30.1 Å². The van der Waals surface area contributed by atoms with Crippen molar-refractivity contribution >= 4 is 21.7 Å². The molecule has 1 aromatic carbocycles. The van der Waals surface area contributed by atoms with Crippen LogP contribution in [-0.4, -0.2) is 37.8 Å². The Morgan fingerprint density at radius 1 is 1.30 bits per heavy atom. The van der Waals surface area contributed by atoms with E-state index in [4.69, 9.17) is 4.74 Å². The van der Waals surface area contributed by atoms with Crippen molar-refractivity contribution in [1.29, 1.82) is 0 Å². The SMILES string of the molecule is C[C@H](Oc1ccccc1F)C(=O)NNC(=O)[C@H]1CCS(=O)(=O)C1. The van der Waals surface area contributed by atoms with Crippen LogP contribution in [0.2, 0.25) is 0 Å². The second kappa shape index (κ2) is 6.95. The molecule has 2 amide bonds. The van der Waals surface area contributed by atoms with Gasteiger partial charge in [-0.05, 0) is 25.5 Å². The number of carbonyl (C=O) groups excluding carboxylic acids is 2. The Kier molecular flexibility index (Phi) is 5.19. The van der Waals surface area contributed by atoms with E-state index >= 15 is 0 Å². The quantitative estimate of drug-likeness (QED) is 0.759. The van der Waals surface area contributed by atoms with E-state index in [1.165, 1.54) is 25.1 Å². The van der Waals surface area contributed by atoms with Gasteiger partial charge in [0.05, 0.1) is 17.4 Å². The van der Waals surface area contributed by atoms with Gasteiger partial charge < -0.3 is 4.74 Å². The maximum absolute atomic E-state index is 13.4. The molecule has 9 heteroatoms. The molecule has 0 spiro atoms. The lowest BCUT2D eigenvalue weighted by molar-refractivity contribution is -0.134. The molecular formula is C14H17FN2O5S. The largest absolute Gasteiger partial charge is 0.478 e. The number of halogens is 1. The highest BCUT2D eigenvalue weighted by molar-refractivity contribution is 7.91. The topological polar surface area (TPSA) is 102 Å². The molecule has 1 fully saturated rings. The smallest absolute Gasteiger partial charge is 0.279 e. The number of nitrogens with one attached hydrogen (secondary N) is 2. The fraction of sp³-hybridized carbons (Fsp3) is 0.429. The van der Waals surface area contributed by atoms with Crippen molar-refractivity contribution in [3.63, 3.8) is 0 Å². The Morgan fingerprint density at radius 2 is 2.00 bits per heavy atom. The third-order valence-corrected chi connectivity index (χ3v) is 5.19. The summed E-state index contributed by atoms with van der Waals surface area (Å²) >= 11 is 0. The number of hydrogen-bond acceptors (Lipinski definition) is 5. The van der Waals surface area contributed by atoms with Gasteiger partial charge in [-0.1, -0.05) is 12.1 Å². The van der Waals surface area contributed by atoms with E-state index in [2.05, 4.69) is 10.9 Å². The van der Waals surface area contributed by atoms with Crippen molar-refractivity contribution < 1.29 is 27.1 Å². The molecule has 2 rings (SSSR count). The van der Waals surface area contributed by atoms with Crippen LogP contribution in [0.15, 0.2) is 24.3 Å². The van der Waals surface area contributed by atoms with Crippen LogP contribution >= 0.6 is 0 Å². The van der Waals surface area contributed by atoms with Gasteiger partial charge in [-0.25, -0.2) is 12.8 Å². The number of para-hydroxylation sites is 1. The standard InChI is InChI=1S/C14H17FN2O5S/c1-9(22-12-5-3-2-4-11(12)15)13(18)16-17-14(19)10-6-7-23(20,21)8-10/h2-5,9-10H,6-8H2,1H3,(H,16,18)(H,17,19)/t9-,10-/m0/s1. The second-order valence-corrected chi connectivity index (χ2v) is 7.50. The van der Waals surface area contributed by atoms with Crippen LogP contribution < -0.4 is 15.6 Å². The lowest BCUT2D eigenvalue weighted by Crippen LogP contribution is -2.49. The molecular weight excluding hydrogens is 327 g/mol. The van der Waals surface area contributed by atoms with Crippen LogP contribution in [0.5, 0.6) is 5.75 Å². The number of carbonyl (C=O) groups is 2. The van der Waals surface area contributed by atoms with Gasteiger partial charge in [-0.2, -0.15) is 0 Å². The summed E-state index contributed by atoms with van der Waals surface area (Å²) in [7, 11) is -3.18. The zero-order valence-corrected chi connectivity index (χ0v) is 13.2. The molecule has 2 atom stereocenters. The van der Waals surface area contributed by atoms with E-state index < -0.39 is 39.5 Å². The summed E-state index contributed by atoms with van der Waals surface area (Å²) < 4.78 is 41.2. The predicted octanol–water partition coefficient (Wildman–Crippen LogP) is 0.175. The van der Waals surface area contributed by atoms with Gasteiger partial charge in [-0.3, -0.25) is 20.4 Å². The number of hydrogen-bond donors (Lipinski definition) is 2. The summed E-state index contributed by atoms with van der Waals surface area (Å²) in [6.07, 6.45) is -0.815. The van der Waals surface area contributed by atoms with E-state index in [0.717, 1.165) is 0 Å². The molecule has 0 saturated carbocycles. The molecule has 2 N–H and O–H groups in total. The Bertz CT molecular complexity index is 707. The average molecular weight is 344 g/mol. The normalized spacial score (nSPS) is 20.5. The molecule has 0 bridgehead atoms. The van der Waals surface area contributed by atoms with Gasteiger partial charge in [0.2, 0.25) is 5.91 Å². The predicted molar refractivity (Wildman–Crippen MR) is 79.5 cm³/mol. The molecule has 0 aliphatic carbocycles. The maximum Gasteiger partial charge on any atom is 0.279 e. The minimum atomic E-state index is -3.18. The summed E-state index contributed by atoms with van der Waals surface area (Å²) in [5, 5.41) is 0. The molecule has 23 heavy (non-hydrogen) atoms. The minimum absolute atomic E-state index is 0.0359. The first-order chi connectivity index (χ1) is 10.8. The van der Waals surface area contributed by atoms with Crippen LogP contribution in [0.3, 0.4) is 0 Å². The average Bonchev–Trinajstić information content (AvgIpc) is 2.87. The highest BCUT2D eigenvalue weighted by Crippen LogP contribution is 2.18. The molecule has 1 aromatic rings. The van der Waals surface area contributed by atoms with Crippen molar-refractivity contribution in [1.82, 2.24) is 10.9 Å². The number of ether oxygens (including phenoxy) is 1. The third kappa shape index (κ3) is 4.65. The zero-order valence-electron chi connectivity index (χ0n) is 12.4. The van der Waals surface area contributed by atoms with Crippen molar-refractivity contribution in [2.75, 3.05) is 11.5 Å². The highest BCUT2D eigenvalue weighted by atomic mass is 32.2. The van der Waals surface area contributed by atoms with E-state index in [-0.39, 0.29) is 23.7 Å². The fourth-order valence-electron chi connectivity index (χ4n) is 2.11. The third-order valence-electron chi connectivity index (χ3n) is 3.42. The maximum atomic E-state index is 13.4. The Balaban J connectivity index is 1.82. The first kappa shape index (κ1) is 17.2. The van der Waals surface area contributed by atoms with Crippen molar-refractivity contribution in [3.8, 4) is 5.75 Å². The minimum Gasteiger partial charge on any atom is -0.478 e. The summed E-state index contributed by atoms with van der Waals surface area (Å²) in [6, 6.07) is 5.62. The van der Waals surface area contributed by atoms with Crippen molar-refractivity contribution in [2.45, 2.75) is 19.4 Å². The monoisotopic (exact) mass is 344 g/mol. The zero-order chi connectivity index (χ0) is 17.0. The summed E-state index contributed by atoms with van der Waals surface area (Å²) in [6.45, 7) is 1.40. The van der Waals surface area contributed by atoms with Crippen molar-refractivity contribution in [2.24, 2.45) is 5.92 Å². The van der Waals surface area contributed by atoms with E-state index in [0.29, 0.717) is 0 Å². The van der Waals surface area contributed by atoms with Gasteiger partial charge >= 0.3 is 0 Å². The van der Waals surface area contributed by atoms with Gasteiger partial charge in [0.15, 0.2) is 27.5 Å². The second-order valence-electron chi connectivity index (χ2n) is 5.27. The molecule has 0 radical (unpaired) electrons. The van der Waals surface area contributed by atoms with E-state index in [1.807, 2.05) is 0 Å².